The minimum absolute atomic E-state index is 0.0543. The molecule has 0 aromatic rings. The van der Waals surface area contributed by atoms with Crippen LogP contribution in [0.25, 0.3) is 0 Å². The molecular weight excluding hydrogens is 881 g/mol. The zero-order valence-electron chi connectivity index (χ0n) is 42.4. The van der Waals surface area contributed by atoms with Crippen LogP contribution < -0.4 is 0 Å². The number of hydrogen-bond donors (Lipinski definition) is 3. The fourth-order valence-corrected chi connectivity index (χ4v) is 10.5. The lowest BCUT2D eigenvalue weighted by molar-refractivity contribution is -0.348. The van der Waals surface area contributed by atoms with Crippen molar-refractivity contribution in [2.75, 3.05) is 7.11 Å². The summed E-state index contributed by atoms with van der Waals surface area (Å²) in [6.07, 6.45) is -0.515. The van der Waals surface area contributed by atoms with E-state index in [9.17, 15) is 34.5 Å². The second-order valence-corrected chi connectivity index (χ2v) is 26.4. The summed E-state index contributed by atoms with van der Waals surface area (Å²) in [5.74, 6) is -1.93. The van der Waals surface area contributed by atoms with Gasteiger partial charge in [-0.05, 0) is 56.3 Å². The van der Waals surface area contributed by atoms with Crippen molar-refractivity contribution < 1.29 is 72.1 Å². The van der Waals surface area contributed by atoms with Crippen molar-refractivity contribution in [1.82, 2.24) is 0 Å². The number of fused-ring (bicyclic) bond motifs is 6. The first-order chi connectivity index (χ1) is 31.0. The fourth-order valence-electron chi connectivity index (χ4n) is 9.10. The highest BCUT2D eigenvalue weighted by molar-refractivity contribution is 6.74. The van der Waals surface area contributed by atoms with Crippen molar-refractivity contribution in [3.63, 3.8) is 0 Å². The molecule has 378 valence electrons. The number of aliphatic hydroxyl groups excluding tert-OH is 1. The van der Waals surface area contributed by atoms with E-state index >= 15 is 0 Å². The van der Waals surface area contributed by atoms with Crippen LogP contribution in [0.1, 0.15) is 146 Å². The first-order valence-corrected chi connectivity index (χ1v) is 26.9. The van der Waals surface area contributed by atoms with Crippen LogP contribution in [0.4, 0.5) is 0 Å². The van der Waals surface area contributed by atoms with Gasteiger partial charge < -0.3 is 52.9 Å². The van der Waals surface area contributed by atoms with Crippen LogP contribution in [-0.2, 0) is 56.8 Å². The number of cyclic esters (lactones) is 1. The molecule has 0 aliphatic carbocycles. The van der Waals surface area contributed by atoms with Crippen molar-refractivity contribution in [3.8, 4) is 11.8 Å². The van der Waals surface area contributed by atoms with Crippen LogP contribution in [-0.4, -0.2) is 121 Å². The molecule has 0 unspecified atom stereocenters. The van der Waals surface area contributed by atoms with Crippen LogP contribution >= 0.6 is 0 Å². The molecule has 4 aliphatic heterocycles. The lowest BCUT2D eigenvalue weighted by Crippen LogP contribution is -2.62. The molecule has 0 amide bonds. The summed E-state index contributed by atoms with van der Waals surface area (Å²) in [4.78, 5) is 53.0. The molecule has 16 heteroatoms. The third-order valence-electron chi connectivity index (χ3n) is 14.3. The van der Waals surface area contributed by atoms with Crippen molar-refractivity contribution in [3.05, 3.63) is 36.0 Å². The molecule has 3 fully saturated rings. The first-order valence-electron chi connectivity index (χ1n) is 24.0. The summed E-state index contributed by atoms with van der Waals surface area (Å²) in [6.45, 7) is 26.7. The Balaban J connectivity index is 1.89. The second-order valence-electron chi connectivity index (χ2n) is 21.7. The summed E-state index contributed by atoms with van der Waals surface area (Å²) >= 11 is 0. The van der Waals surface area contributed by atoms with Gasteiger partial charge in [-0.15, -0.1) is 0 Å². The number of unbranched alkanes of at least 4 members (excludes halogenated alkanes) is 3. The molecule has 0 saturated carbocycles. The minimum atomic E-state index is -2.51. The van der Waals surface area contributed by atoms with Crippen molar-refractivity contribution in [1.29, 1.82) is 0 Å². The smallest absolute Gasteiger partial charge is 0.385 e. The lowest BCUT2D eigenvalue weighted by Gasteiger charge is -2.53. The van der Waals surface area contributed by atoms with Gasteiger partial charge >= 0.3 is 23.9 Å². The molecule has 0 radical (unpaired) electrons. The SMILES string of the molecule is C=C1C[C@H]2C[C@]3(O)O[C@H](C[C@@H](O)CC(=O)O[C@@H]([C@@H](C)O[Si](C)(C)C(C)(C)C)C[C@@H]4C/C(=C\C(=O)OC)[C@H](OC(=O)C#CCCCCC)[C@@](O)(O4)C(C)(C)/C=C/[C@@H](C1)O2)C[C@H](OC(C)=O)C3(C)C. The van der Waals surface area contributed by atoms with Crippen LogP contribution in [0, 0.1) is 22.7 Å². The zero-order chi connectivity index (χ0) is 50.3. The number of rotatable bonds is 9. The van der Waals surface area contributed by atoms with Gasteiger partial charge in [-0.25, -0.2) is 9.59 Å². The normalized spacial score (nSPS) is 34.3. The Labute approximate surface area is 399 Å². The van der Waals surface area contributed by atoms with E-state index in [1.807, 2.05) is 0 Å². The summed E-state index contributed by atoms with van der Waals surface area (Å²) in [6, 6.07) is 0. The molecule has 0 spiro atoms. The molecule has 11 atom stereocenters. The van der Waals surface area contributed by atoms with Gasteiger partial charge in [0.15, 0.2) is 20.2 Å². The van der Waals surface area contributed by atoms with E-state index in [1.54, 1.807) is 46.8 Å². The van der Waals surface area contributed by atoms with Gasteiger partial charge in [0.05, 0.1) is 55.6 Å². The number of aliphatic hydroxyl groups is 3. The predicted octanol–water partition coefficient (Wildman–Crippen LogP) is 7.44. The summed E-state index contributed by atoms with van der Waals surface area (Å²) in [5.41, 5.74) is -1.56. The fraction of sp³-hybridized carbons (Fsp3) is 0.765. The average Bonchev–Trinajstić information content (AvgIpc) is 3.18. The number of carbonyl (C=O) groups excluding carboxylic acids is 4. The third-order valence-corrected chi connectivity index (χ3v) is 18.9. The molecule has 3 N–H and O–H groups in total. The van der Waals surface area contributed by atoms with Crippen molar-refractivity contribution >= 4 is 32.2 Å². The molecular formula is C51H80O15Si. The third kappa shape index (κ3) is 14.3. The van der Waals surface area contributed by atoms with E-state index in [1.165, 1.54) is 20.1 Å². The molecule has 0 aromatic heterocycles. The maximum absolute atomic E-state index is 14.0. The molecule has 4 aliphatic rings. The highest BCUT2D eigenvalue weighted by atomic mass is 28.4. The standard InChI is InChI=1S/C51H80O15Si/c1-15-16-17-18-19-20-43(54)63-46-35(26-44(55)59-12)25-38-29-41(33(3)66-67(13,14)47(5,6)7)62-45(56)28-36(53)27-39-30-42(60-34(4)52)49(10,11)50(57,64-39)31-40-24-32(2)23-37(61-40)21-22-48(8,9)51(46,58)65-38/h21-22,26,33,36-42,46,53,57-58H,2,15-18,23-25,27-31H2,1,3-14H3/b22-21+,35-26+/t33-,36-,37+,38+,39-,40+,41-,42+,46+,50+,51-/m1/s1. The van der Waals surface area contributed by atoms with E-state index in [0.29, 0.717) is 19.3 Å². The molecule has 67 heavy (non-hydrogen) atoms. The quantitative estimate of drug-likeness (QED) is 0.0301. The molecule has 3 saturated heterocycles. The predicted molar refractivity (Wildman–Crippen MR) is 252 cm³/mol. The second kappa shape index (κ2) is 22.6. The van der Waals surface area contributed by atoms with E-state index in [0.717, 1.165) is 24.8 Å². The maximum Gasteiger partial charge on any atom is 0.385 e. The Hall–Kier alpha value is -3.40. The Morgan fingerprint density at radius 1 is 0.985 bits per heavy atom. The van der Waals surface area contributed by atoms with Gasteiger partial charge in [0.1, 0.15) is 12.2 Å². The van der Waals surface area contributed by atoms with Gasteiger partial charge in [0.25, 0.3) is 0 Å². The Kier molecular flexibility index (Phi) is 18.9. The van der Waals surface area contributed by atoms with Crippen molar-refractivity contribution in [2.24, 2.45) is 10.8 Å². The highest BCUT2D eigenvalue weighted by Gasteiger charge is 2.59. The zero-order valence-corrected chi connectivity index (χ0v) is 43.4. The van der Waals surface area contributed by atoms with E-state index in [-0.39, 0.29) is 42.7 Å². The summed E-state index contributed by atoms with van der Waals surface area (Å²) < 4.78 is 49.6. The molecule has 0 aromatic carbocycles. The highest BCUT2D eigenvalue weighted by Crippen LogP contribution is 2.50. The van der Waals surface area contributed by atoms with Gasteiger partial charge in [0, 0.05) is 56.4 Å². The average molecular weight is 961 g/mol. The number of methoxy groups -OCH3 is 1. The monoisotopic (exact) mass is 961 g/mol. The number of carbonyl (C=O) groups is 4. The van der Waals surface area contributed by atoms with Gasteiger partial charge in [-0.3, -0.25) is 9.59 Å². The summed E-state index contributed by atoms with van der Waals surface area (Å²) in [7, 11) is -1.29. The van der Waals surface area contributed by atoms with Crippen LogP contribution in [0.2, 0.25) is 18.1 Å². The Morgan fingerprint density at radius 3 is 2.30 bits per heavy atom. The number of esters is 4. The molecule has 6 bridgehead atoms. The van der Waals surface area contributed by atoms with Gasteiger partial charge in [0.2, 0.25) is 5.79 Å². The summed E-state index contributed by atoms with van der Waals surface area (Å²) in [5, 5.41) is 36.9. The Bertz CT molecular complexity index is 1900. The van der Waals surface area contributed by atoms with E-state index < -0.39 is 116 Å². The topological polar surface area (TPSA) is 203 Å². The first kappa shape index (κ1) is 56.2. The lowest BCUT2D eigenvalue weighted by atomic mass is 9.70. The van der Waals surface area contributed by atoms with Crippen LogP contribution in [0.5, 0.6) is 0 Å². The maximum atomic E-state index is 14.0. The minimum Gasteiger partial charge on any atom is -0.466 e. The van der Waals surface area contributed by atoms with Crippen LogP contribution in [0.15, 0.2) is 36.0 Å². The van der Waals surface area contributed by atoms with Gasteiger partial charge in [-0.2, -0.15) is 0 Å². The van der Waals surface area contributed by atoms with Gasteiger partial charge in [-0.1, -0.05) is 98.5 Å². The molecule has 15 nitrogen and oxygen atoms in total. The Morgan fingerprint density at radius 2 is 1.67 bits per heavy atom. The molecule has 4 heterocycles. The van der Waals surface area contributed by atoms with E-state index in [2.05, 4.69) is 59.2 Å². The largest absolute Gasteiger partial charge is 0.466 e. The number of hydrogen-bond acceptors (Lipinski definition) is 15. The van der Waals surface area contributed by atoms with Crippen molar-refractivity contribution in [2.45, 2.75) is 231 Å². The number of ether oxygens (including phenoxy) is 7. The molecule has 4 rings (SSSR count). The van der Waals surface area contributed by atoms with Crippen LogP contribution in [0.3, 0.4) is 0 Å². The van der Waals surface area contributed by atoms with E-state index in [4.69, 9.17) is 37.6 Å².